The molecular formula is C14H18FNO3. The molecule has 0 aliphatic rings. The Morgan fingerprint density at radius 1 is 1.37 bits per heavy atom. The highest BCUT2D eigenvalue weighted by Crippen LogP contribution is 2.15. The summed E-state index contributed by atoms with van der Waals surface area (Å²) in [4.78, 5) is 24.2. The van der Waals surface area contributed by atoms with E-state index in [4.69, 9.17) is 5.11 Å². The summed E-state index contributed by atoms with van der Waals surface area (Å²) >= 11 is 0. The number of carbonyl (C=O) groups is 2. The van der Waals surface area contributed by atoms with Crippen molar-refractivity contribution in [3.63, 3.8) is 0 Å². The van der Waals surface area contributed by atoms with E-state index in [1.807, 2.05) is 13.8 Å². The summed E-state index contributed by atoms with van der Waals surface area (Å²) in [5.74, 6) is -2.18. The molecule has 4 nitrogen and oxygen atoms in total. The Balaban J connectivity index is 3.04. The van der Waals surface area contributed by atoms with Crippen LogP contribution >= 0.6 is 0 Å². The Morgan fingerprint density at radius 2 is 2.00 bits per heavy atom. The van der Waals surface area contributed by atoms with Gasteiger partial charge in [0.15, 0.2) is 0 Å². The molecule has 5 heteroatoms. The number of hydrogen-bond donors (Lipinski definition) is 1. The first-order chi connectivity index (χ1) is 8.82. The number of nitrogens with zero attached hydrogens (tertiary/aromatic N) is 1. The van der Waals surface area contributed by atoms with E-state index >= 15 is 0 Å². The molecule has 0 spiro atoms. The number of halogens is 1. The van der Waals surface area contributed by atoms with Crippen LogP contribution in [0.5, 0.6) is 0 Å². The third kappa shape index (κ3) is 4.05. The maximum atomic E-state index is 13.9. The molecule has 1 amide bonds. The van der Waals surface area contributed by atoms with Gasteiger partial charge in [-0.1, -0.05) is 26.0 Å². The van der Waals surface area contributed by atoms with Crippen LogP contribution in [0.2, 0.25) is 0 Å². The van der Waals surface area contributed by atoms with E-state index in [0.29, 0.717) is 5.56 Å². The van der Waals surface area contributed by atoms with Gasteiger partial charge in [0.25, 0.3) is 5.91 Å². The van der Waals surface area contributed by atoms with E-state index < -0.39 is 24.2 Å². The highest BCUT2D eigenvalue weighted by Gasteiger charge is 2.22. The van der Waals surface area contributed by atoms with Gasteiger partial charge < -0.3 is 10.0 Å². The van der Waals surface area contributed by atoms with Crippen molar-refractivity contribution in [2.45, 2.75) is 20.8 Å². The zero-order valence-corrected chi connectivity index (χ0v) is 11.3. The summed E-state index contributed by atoms with van der Waals surface area (Å²) in [6.07, 6.45) is 0. The van der Waals surface area contributed by atoms with E-state index in [0.717, 1.165) is 4.90 Å². The van der Waals surface area contributed by atoms with Gasteiger partial charge in [0.1, 0.15) is 12.4 Å². The third-order valence-corrected chi connectivity index (χ3v) is 2.62. The third-order valence-electron chi connectivity index (χ3n) is 2.62. The summed E-state index contributed by atoms with van der Waals surface area (Å²) in [6, 6.07) is 4.52. The molecular weight excluding hydrogens is 249 g/mol. The van der Waals surface area contributed by atoms with Crippen LogP contribution in [0.1, 0.15) is 29.8 Å². The van der Waals surface area contributed by atoms with Crippen molar-refractivity contribution in [2.24, 2.45) is 5.92 Å². The summed E-state index contributed by atoms with van der Waals surface area (Å²) < 4.78 is 13.9. The molecule has 1 rings (SSSR count). The van der Waals surface area contributed by atoms with E-state index in [1.54, 1.807) is 19.1 Å². The van der Waals surface area contributed by atoms with Gasteiger partial charge in [-0.15, -0.1) is 0 Å². The number of aliphatic carboxylic acids is 1. The van der Waals surface area contributed by atoms with Crippen LogP contribution in [0.3, 0.4) is 0 Å². The molecule has 0 fully saturated rings. The average Bonchev–Trinajstić information content (AvgIpc) is 2.30. The lowest BCUT2D eigenvalue weighted by atomic mass is 10.1. The molecule has 104 valence electrons. The van der Waals surface area contributed by atoms with Gasteiger partial charge in [0.05, 0.1) is 5.56 Å². The summed E-state index contributed by atoms with van der Waals surface area (Å²) in [5.41, 5.74) is 0.285. The minimum atomic E-state index is -1.11. The smallest absolute Gasteiger partial charge is 0.323 e. The zero-order valence-electron chi connectivity index (χ0n) is 11.3. The van der Waals surface area contributed by atoms with Crippen molar-refractivity contribution in [3.05, 3.63) is 35.1 Å². The fourth-order valence-electron chi connectivity index (χ4n) is 1.81. The van der Waals surface area contributed by atoms with Crippen LogP contribution in [0.4, 0.5) is 4.39 Å². The lowest BCUT2D eigenvalue weighted by Crippen LogP contribution is -2.38. The van der Waals surface area contributed by atoms with Crippen molar-refractivity contribution < 1.29 is 19.1 Å². The normalized spacial score (nSPS) is 10.6. The average molecular weight is 267 g/mol. The van der Waals surface area contributed by atoms with Gasteiger partial charge in [-0.05, 0) is 24.5 Å². The van der Waals surface area contributed by atoms with E-state index in [2.05, 4.69) is 0 Å². The quantitative estimate of drug-likeness (QED) is 0.890. The second kappa shape index (κ2) is 6.31. The van der Waals surface area contributed by atoms with Gasteiger partial charge in [0, 0.05) is 6.54 Å². The lowest BCUT2D eigenvalue weighted by molar-refractivity contribution is -0.137. The first-order valence-electron chi connectivity index (χ1n) is 6.09. The number of amides is 1. The van der Waals surface area contributed by atoms with Gasteiger partial charge in [-0.3, -0.25) is 9.59 Å². The Labute approximate surface area is 111 Å². The van der Waals surface area contributed by atoms with Gasteiger partial charge >= 0.3 is 5.97 Å². The fraction of sp³-hybridized carbons (Fsp3) is 0.429. The van der Waals surface area contributed by atoms with Crippen LogP contribution in [-0.2, 0) is 4.79 Å². The van der Waals surface area contributed by atoms with Crippen molar-refractivity contribution in [2.75, 3.05) is 13.1 Å². The van der Waals surface area contributed by atoms with Gasteiger partial charge in [0.2, 0.25) is 0 Å². The Hall–Kier alpha value is -1.91. The maximum absolute atomic E-state index is 13.9. The number of carboxylic acids is 1. The molecule has 0 atom stereocenters. The minimum absolute atomic E-state index is 0.0816. The number of hydrogen-bond acceptors (Lipinski definition) is 2. The predicted molar refractivity (Wildman–Crippen MR) is 69.5 cm³/mol. The zero-order chi connectivity index (χ0) is 14.6. The van der Waals surface area contributed by atoms with Crippen LogP contribution in [-0.4, -0.2) is 35.0 Å². The number of aryl methyl sites for hydroxylation is 1. The molecule has 0 saturated carbocycles. The van der Waals surface area contributed by atoms with E-state index in [9.17, 15) is 14.0 Å². The molecule has 0 radical (unpaired) electrons. The molecule has 0 bridgehead atoms. The molecule has 0 heterocycles. The Kier molecular flexibility index (Phi) is 5.03. The second-order valence-electron chi connectivity index (χ2n) is 4.91. The monoisotopic (exact) mass is 267 g/mol. The fourth-order valence-corrected chi connectivity index (χ4v) is 1.81. The first kappa shape index (κ1) is 15.1. The maximum Gasteiger partial charge on any atom is 0.323 e. The molecule has 19 heavy (non-hydrogen) atoms. The van der Waals surface area contributed by atoms with Gasteiger partial charge in [-0.25, -0.2) is 4.39 Å². The van der Waals surface area contributed by atoms with Gasteiger partial charge in [-0.2, -0.15) is 0 Å². The lowest BCUT2D eigenvalue weighted by Gasteiger charge is -2.23. The second-order valence-corrected chi connectivity index (χ2v) is 4.91. The molecule has 1 aromatic rings. The van der Waals surface area contributed by atoms with Crippen LogP contribution in [0, 0.1) is 18.7 Å². The topological polar surface area (TPSA) is 57.6 Å². The molecule has 0 saturated heterocycles. The van der Waals surface area contributed by atoms with Crippen LogP contribution in [0.15, 0.2) is 18.2 Å². The minimum Gasteiger partial charge on any atom is -0.480 e. The molecule has 0 aliphatic heterocycles. The molecule has 0 aliphatic carbocycles. The van der Waals surface area contributed by atoms with E-state index in [1.165, 1.54) is 6.07 Å². The van der Waals surface area contributed by atoms with Crippen molar-refractivity contribution in [1.29, 1.82) is 0 Å². The SMILES string of the molecule is Cc1cccc(C(=O)N(CC(=O)O)CC(C)C)c1F. The van der Waals surface area contributed by atoms with Crippen molar-refractivity contribution in [3.8, 4) is 0 Å². The number of carboxylic acid groups (broad SMARTS) is 1. The molecule has 0 aromatic heterocycles. The standard InChI is InChI=1S/C14H18FNO3/c1-9(2)7-16(8-12(17)18)14(19)11-6-4-5-10(3)13(11)15/h4-6,9H,7-8H2,1-3H3,(H,17,18). The molecule has 1 N–H and O–H groups in total. The summed E-state index contributed by atoms with van der Waals surface area (Å²) in [5, 5.41) is 8.83. The highest BCUT2D eigenvalue weighted by molar-refractivity contribution is 5.96. The largest absolute Gasteiger partial charge is 0.480 e. The van der Waals surface area contributed by atoms with Crippen molar-refractivity contribution in [1.82, 2.24) is 4.90 Å². The first-order valence-corrected chi connectivity index (χ1v) is 6.09. The number of rotatable bonds is 5. The van der Waals surface area contributed by atoms with Crippen LogP contribution in [0.25, 0.3) is 0 Å². The summed E-state index contributed by atoms with van der Waals surface area (Å²) in [6.45, 7) is 5.16. The van der Waals surface area contributed by atoms with Crippen LogP contribution < -0.4 is 0 Å². The summed E-state index contributed by atoms with van der Waals surface area (Å²) in [7, 11) is 0. The highest BCUT2D eigenvalue weighted by atomic mass is 19.1. The van der Waals surface area contributed by atoms with E-state index in [-0.39, 0.29) is 18.0 Å². The predicted octanol–water partition coefficient (Wildman–Crippen LogP) is 2.32. The Bertz CT molecular complexity index is 486. The number of benzene rings is 1. The van der Waals surface area contributed by atoms with Crippen molar-refractivity contribution >= 4 is 11.9 Å². The number of carbonyl (C=O) groups excluding carboxylic acids is 1. The molecule has 0 unspecified atom stereocenters. The molecule has 1 aromatic carbocycles. The Morgan fingerprint density at radius 3 is 2.53 bits per heavy atom.